The van der Waals surface area contributed by atoms with Gasteiger partial charge in [-0.25, -0.2) is 0 Å². The summed E-state index contributed by atoms with van der Waals surface area (Å²) in [5.74, 6) is -1.29. The van der Waals surface area contributed by atoms with Crippen molar-refractivity contribution in [2.24, 2.45) is 12.8 Å². The van der Waals surface area contributed by atoms with Crippen LogP contribution in [0.4, 0.5) is 26.3 Å². The molecule has 0 fully saturated rings. The van der Waals surface area contributed by atoms with Crippen LogP contribution in [-0.2, 0) is 13.2 Å². The van der Waals surface area contributed by atoms with Gasteiger partial charge in [-0.05, 0) is 35.0 Å². The van der Waals surface area contributed by atoms with Crippen LogP contribution in [0.1, 0.15) is 16.1 Å². The first-order chi connectivity index (χ1) is 13.9. The standard InChI is InChI=1S/C19H13F6N3OS/c1-28-15(14(17(26)29)16(27-28)18(20,21)22)13-5-3-2-4-12(13)10-6-8-11(9-7-10)30-19(23,24)25/h2-9H,1H3,(H2,26,29). The lowest BCUT2D eigenvalue weighted by Gasteiger charge is -2.13. The van der Waals surface area contributed by atoms with Gasteiger partial charge in [0.1, 0.15) is 0 Å². The van der Waals surface area contributed by atoms with E-state index < -0.39 is 28.8 Å². The van der Waals surface area contributed by atoms with Crippen LogP contribution in [0.3, 0.4) is 0 Å². The Morgan fingerprint density at radius 3 is 2.03 bits per heavy atom. The predicted octanol–water partition coefficient (Wildman–Crippen LogP) is 5.48. The van der Waals surface area contributed by atoms with E-state index in [4.69, 9.17) is 5.73 Å². The number of carbonyl (C=O) groups excluding carboxylic acids is 1. The summed E-state index contributed by atoms with van der Waals surface area (Å²) in [6.45, 7) is 0. The van der Waals surface area contributed by atoms with Crippen molar-refractivity contribution in [3.05, 3.63) is 59.8 Å². The van der Waals surface area contributed by atoms with E-state index in [0.29, 0.717) is 11.1 Å². The van der Waals surface area contributed by atoms with E-state index in [1.807, 2.05) is 0 Å². The molecule has 1 heterocycles. The first-order valence-corrected chi connectivity index (χ1v) is 9.09. The Bertz CT molecular complexity index is 1090. The molecule has 0 unspecified atom stereocenters. The molecule has 0 aliphatic rings. The molecule has 0 saturated carbocycles. The fraction of sp³-hybridized carbons (Fsp3) is 0.158. The number of nitrogens with two attached hydrogens (primary N) is 1. The van der Waals surface area contributed by atoms with Gasteiger partial charge in [-0.3, -0.25) is 9.48 Å². The van der Waals surface area contributed by atoms with Crippen LogP contribution >= 0.6 is 11.8 Å². The summed E-state index contributed by atoms with van der Waals surface area (Å²) in [5, 5.41) is 3.43. The number of amides is 1. The molecular weight excluding hydrogens is 432 g/mol. The van der Waals surface area contributed by atoms with E-state index in [1.54, 1.807) is 18.2 Å². The Morgan fingerprint density at radius 1 is 0.967 bits per heavy atom. The Morgan fingerprint density at radius 2 is 1.53 bits per heavy atom. The molecule has 3 aromatic rings. The highest BCUT2D eigenvalue weighted by atomic mass is 32.2. The number of thioether (sulfide) groups is 1. The van der Waals surface area contributed by atoms with Crippen LogP contribution in [-0.4, -0.2) is 21.2 Å². The van der Waals surface area contributed by atoms with Gasteiger partial charge in [0, 0.05) is 17.5 Å². The number of hydrogen-bond donors (Lipinski definition) is 1. The average molecular weight is 445 g/mol. The smallest absolute Gasteiger partial charge is 0.365 e. The van der Waals surface area contributed by atoms with Gasteiger partial charge in [0.25, 0.3) is 5.91 Å². The molecule has 0 atom stereocenters. The first-order valence-electron chi connectivity index (χ1n) is 8.28. The van der Waals surface area contributed by atoms with E-state index in [9.17, 15) is 31.1 Å². The highest BCUT2D eigenvalue weighted by molar-refractivity contribution is 8.00. The number of carbonyl (C=O) groups is 1. The number of primary amides is 1. The fourth-order valence-electron chi connectivity index (χ4n) is 3.04. The summed E-state index contributed by atoms with van der Waals surface area (Å²) in [7, 11) is 1.25. The van der Waals surface area contributed by atoms with E-state index in [0.717, 1.165) is 4.68 Å². The minimum Gasteiger partial charge on any atom is -0.365 e. The molecule has 11 heteroatoms. The monoisotopic (exact) mass is 445 g/mol. The molecule has 4 nitrogen and oxygen atoms in total. The number of aromatic nitrogens is 2. The quantitative estimate of drug-likeness (QED) is 0.427. The third kappa shape index (κ3) is 4.45. The largest absolute Gasteiger partial charge is 0.446 e. The maximum Gasteiger partial charge on any atom is 0.446 e. The van der Waals surface area contributed by atoms with Crippen LogP contribution < -0.4 is 5.73 Å². The van der Waals surface area contributed by atoms with Crippen molar-refractivity contribution in [2.45, 2.75) is 16.6 Å². The maximum absolute atomic E-state index is 13.3. The molecule has 0 saturated heterocycles. The van der Waals surface area contributed by atoms with Crippen LogP contribution in [0, 0.1) is 0 Å². The minimum atomic E-state index is -4.90. The van der Waals surface area contributed by atoms with Gasteiger partial charge in [0.15, 0.2) is 5.69 Å². The molecule has 1 amide bonds. The highest BCUT2D eigenvalue weighted by Gasteiger charge is 2.41. The maximum atomic E-state index is 13.3. The Labute approximate surface area is 170 Å². The van der Waals surface area contributed by atoms with Crippen molar-refractivity contribution in [3.63, 3.8) is 0 Å². The van der Waals surface area contributed by atoms with E-state index in [1.165, 1.54) is 37.4 Å². The van der Waals surface area contributed by atoms with Crippen LogP contribution in [0.25, 0.3) is 22.4 Å². The first kappa shape index (κ1) is 21.8. The summed E-state index contributed by atoms with van der Waals surface area (Å²) in [6.07, 6.45) is -4.90. The number of alkyl halides is 6. The molecule has 1 aromatic heterocycles. The minimum absolute atomic E-state index is 0.0403. The zero-order valence-corrected chi connectivity index (χ0v) is 16.0. The van der Waals surface area contributed by atoms with Gasteiger partial charge in [0.2, 0.25) is 0 Å². The van der Waals surface area contributed by atoms with Crippen LogP contribution in [0.15, 0.2) is 53.4 Å². The van der Waals surface area contributed by atoms with Gasteiger partial charge in [-0.15, -0.1) is 0 Å². The van der Waals surface area contributed by atoms with Crippen LogP contribution in [0.2, 0.25) is 0 Å². The number of halogens is 6. The molecule has 0 bridgehead atoms. The van der Waals surface area contributed by atoms with Crippen molar-refractivity contribution < 1.29 is 31.1 Å². The molecular formula is C19H13F6N3OS. The number of benzene rings is 2. The Balaban J connectivity index is 2.16. The number of nitrogens with zero attached hydrogens (tertiary/aromatic N) is 2. The zero-order chi connectivity index (χ0) is 22.3. The normalized spacial score (nSPS) is 12.2. The molecule has 3 rings (SSSR count). The zero-order valence-electron chi connectivity index (χ0n) is 15.2. The molecule has 0 radical (unpaired) electrons. The molecule has 0 aliphatic heterocycles. The second kappa shape index (κ2) is 7.71. The highest BCUT2D eigenvalue weighted by Crippen LogP contribution is 2.41. The van der Waals surface area contributed by atoms with Crippen LogP contribution in [0.5, 0.6) is 0 Å². The fourth-order valence-corrected chi connectivity index (χ4v) is 3.58. The Hall–Kier alpha value is -2.95. The number of rotatable bonds is 4. The lowest BCUT2D eigenvalue weighted by molar-refractivity contribution is -0.141. The third-order valence-corrected chi connectivity index (χ3v) is 4.88. The topological polar surface area (TPSA) is 60.9 Å². The van der Waals surface area contributed by atoms with Crippen molar-refractivity contribution in [3.8, 4) is 22.4 Å². The molecule has 2 N–H and O–H groups in total. The van der Waals surface area contributed by atoms with Gasteiger partial charge in [-0.1, -0.05) is 36.4 Å². The lowest BCUT2D eigenvalue weighted by atomic mass is 9.95. The van der Waals surface area contributed by atoms with E-state index in [2.05, 4.69) is 5.10 Å². The molecule has 2 aromatic carbocycles. The van der Waals surface area contributed by atoms with E-state index in [-0.39, 0.29) is 27.9 Å². The summed E-state index contributed by atoms with van der Waals surface area (Å²) in [5.41, 5.74) is -0.457. The second-order valence-corrected chi connectivity index (χ2v) is 7.31. The SMILES string of the molecule is Cn1nc(C(F)(F)F)c(C(N)=O)c1-c1ccccc1-c1ccc(SC(F)(F)F)cc1. The molecule has 0 aliphatic carbocycles. The molecule has 30 heavy (non-hydrogen) atoms. The van der Waals surface area contributed by atoms with Gasteiger partial charge in [-0.2, -0.15) is 31.4 Å². The predicted molar refractivity (Wildman–Crippen MR) is 99.5 cm³/mol. The summed E-state index contributed by atoms with van der Waals surface area (Å²) in [6, 6.07) is 11.6. The van der Waals surface area contributed by atoms with Gasteiger partial charge >= 0.3 is 11.7 Å². The van der Waals surface area contributed by atoms with Crippen molar-refractivity contribution in [2.75, 3.05) is 0 Å². The average Bonchev–Trinajstić information content (AvgIpc) is 2.99. The van der Waals surface area contributed by atoms with Gasteiger partial charge < -0.3 is 5.73 Å². The summed E-state index contributed by atoms with van der Waals surface area (Å²) >= 11 is -0.280. The molecule has 158 valence electrons. The number of hydrogen-bond acceptors (Lipinski definition) is 3. The van der Waals surface area contributed by atoms with Crippen molar-refractivity contribution in [1.29, 1.82) is 0 Å². The summed E-state index contributed by atoms with van der Waals surface area (Å²) < 4.78 is 78.5. The Kier molecular flexibility index (Phi) is 5.59. The third-order valence-electron chi connectivity index (χ3n) is 4.14. The second-order valence-electron chi connectivity index (χ2n) is 6.18. The van der Waals surface area contributed by atoms with Crippen molar-refractivity contribution >= 4 is 17.7 Å². The van der Waals surface area contributed by atoms with E-state index >= 15 is 0 Å². The lowest BCUT2D eigenvalue weighted by Crippen LogP contribution is -2.18. The number of aryl methyl sites for hydroxylation is 1. The molecule has 0 spiro atoms. The summed E-state index contributed by atoms with van der Waals surface area (Å²) in [4.78, 5) is 11.8. The van der Waals surface area contributed by atoms with Crippen molar-refractivity contribution in [1.82, 2.24) is 9.78 Å². The van der Waals surface area contributed by atoms with Gasteiger partial charge in [0.05, 0.1) is 11.3 Å².